The van der Waals surface area contributed by atoms with Crippen LogP contribution in [0.25, 0.3) is 0 Å². The summed E-state index contributed by atoms with van der Waals surface area (Å²) >= 11 is 0. The van der Waals surface area contributed by atoms with Crippen LogP contribution in [0.5, 0.6) is 0 Å². The van der Waals surface area contributed by atoms with Gasteiger partial charge in [-0.25, -0.2) is 0 Å². The van der Waals surface area contributed by atoms with Crippen LogP contribution < -0.4 is 5.32 Å². The molecule has 1 aliphatic heterocycles. The predicted octanol–water partition coefficient (Wildman–Crippen LogP) is 3.49. The number of nitrogens with one attached hydrogen (secondary N) is 1. The summed E-state index contributed by atoms with van der Waals surface area (Å²) in [4.78, 5) is 6.78. The van der Waals surface area contributed by atoms with E-state index in [4.69, 9.17) is 9.47 Å². The fraction of sp³-hybridized carbons (Fsp3) is 0.435. The molecule has 5 heteroatoms. The van der Waals surface area contributed by atoms with E-state index >= 15 is 0 Å². The Hall–Kier alpha value is -2.37. The second-order valence-electron chi connectivity index (χ2n) is 7.16. The topological polar surface area (TPSA) is 46.1 Å². The molecule has 1 heterocycles. The average Bonchev–Trinajstić information content (AvgIpc) is 3.21. The quantitative estimate of drug-likeness (QED) is 0.562. The van der Waals surface area contributed by atoms with E-state index in [9.17, 15) is 0 Å². The highest BCUT2D eigenvalue weighted by molar-refractivity contribution is 5.80. The van der Waals surface area contributed by atoms with Gasteiger partial charge in [0, 0.05) is 39.7 Å². The first kappa shape index (κ1) is 20.4. The summed E-state index contributed by atoms with van der Waals surface area (Å²) in [6.45, 7) is 4.13. The van der Waals surface area contributed by atoms with Crippen LogP contribution in [0.2, 0.25) is 0 Å². The van der Waals surface area contributed by atoms with Crippen molar-refractivity contribution in [2.75, 3.05) is 40.4 Å². The summed E-state index contributed by atoms with van der Waals surface area (Å²) in [6.07, 6.45) is 1.13. The number of likely N-dealkylation sites (tertiary alicyclic amines) is 1. The summed E-state index contributed by atoms with van der Waals surface area (Å²) in [5.74, 6) is 1.47. The monoisotopic (exact) mass is 381 g/mol. The van der Waals surface area contributed by atoms with Crippen LogP contribution in [0.15, 0.2) is 65.7 Å². The molecule has 150 valence electrons. The molecule has 0 spiro atoms. The highest BCUT2D eigenvalue weighted by Gasteiger charge is 2.25. The number of hydrogen-bond acceptors (Lipinski definition) is 3. The summed E-state index contributed by atoms with van der Waals surface area (Å²) in [5.41, 5.74) is 2.39. The van der Waals surface area contributed by atoms with Gasteiger partial charge >= 0.3 is 0 Å². The molecule has 1 fully saturated rings. The highest BCUT2D eigenvalue weighted by atomic mass is 16.5. The molecule has 2 aromatic carbocycles. The zero-order chi connectivity index (χ0) is 19.6. The maximum absolute atomic E-state index is 5.93. The Kier molecular flexibility index (Phi) is 7.88. The van der Waals surface area contributed by atoms with E-state index < -0.39 is 0 Å². The molecule has 3 rings (SSSR count). The van der Waals surface area contributed by atoms with Crippen LogP contribution in [-0.2, 0) is 16.1 Å². The van der Waals surface area contributed by atoms with Gasteiger partial charge in [-0.1, -0.05) is 60.7 Å². The summed E-state index contributed by atoms with van der Waals surface area (Å²) < 4.78 is 11.6. The maximum Gasteiger partial charge on any atom is 0.193 e. The standard InChI is InChI=1S/C23H31N3O2/c1-24-23(25-15-22(27-2)21-11-7-4-8-12-21)26-14-13-20(16-26)18-28-17-19-9-5-3-6-10-19/h3-12,20,22H,13-18H2,1-2H3,(H,24,25). The van der Waals surface area contributed by atoms with Crippen LogP contribution in [0.1, 0.15) is 23.7 Å². The minimum Gasteiger partial charge on any atom is -0.376 e. The molecule has 28 heavy (non-hydrogen) atoms. The molecule has 0 aliphatic carbocycles. The highest BCUT2D eigenvalue weighted by Crippen LogP contribution is 2.19. The number of methoxy groups -OCH3 is 1. The van der Waals surface area contributed by atoms with Gasteiger partial charge in [0.25, 0.3) is 0 Å². The number of benzene rings is 2. The first-order chi connectivity index (χ1) is 13.8. The Morgan fingerprint density at radius 3 is 2.54 bits per heavy atom. The van der Waals surface area contributed by atoms with Crippen LogP contribution in [-0.4, -0.2) is 51.3 Å². The Morgan fingerprint density at radius 2 is 1.86 bits per heavy atom. The van der Waals surface area contributed by atoms with Crippen molar-refractivity contribution < 1.29 is 9.47 Å². The fourth-order valence-corrected chi connectivity index (χ4v) is 3.60. The third-order valence-electron chi connectivity index (χ3n) is 5.16. The normalized spacial score (nSPS) is 18.3. The van der Waals surface area contributed by atoms with E-state index in [1.807, 2.05) is 43.4 Å². The van der Waals surface area contributed by atoms with E-state index in [-0.39, 0.29) is 6.10 Å². The molecule has 2 aromatic rings. The van der Waals surface area contributed by atoms with Crippen molar-refractivity contribution in [2.24, 2.45) is 10.9 Å². The first-order valence-electron chi connectivity index (χ1n) is 9.95. The van der Waals surface area contributed by atoms with Crippen LogP contribution in [0.4, 0.5) is 0 Å². The van der Waals surface area contributed by atoms with Gasteiger partial charge in [0.15, 0.2) is 5.96 Å². The van der Waals surface area contributed by atoms with Crippen molar-refractivity contribution in [2.45, 2.75) is 19.1 Å². The SMILES string of the molecule is CN=C(NCC(OC)c1ccccc1)N1CCC(COCc2ccccc2)C1. The lowest BCUT2D eigenvalue weighted by Gasteiger charge is -2.24. The van der Waals surface area contributed by atoms with Gasteiger partial charge in [0.2, 0.25) is 0 Å². The van der Waals surface area contributed by atoms with E-state index in [0.717, 1.165) is 32.1 Å². The van der Waals surface area contributed by atoms with Gasteiger partial charge in [-0.05, 0) is 17.5 Å². The van der Waals surface area contributed by atoms with Crippen LogP contribution in [0, 0.1) is 5.92 Å². The molecular weight excluding hydrogens is 350 g/mol. The Labute approximate surface area is 168 Å². The first-order valence-corrected chi connectivity index (χ1v) is 9.95. The summed E-state index contributed by atoms with van der Waals surface area (Å²) in [6, 6.07) is 20.6. The number of nitrogens with zero attached hydrogens (tertiary/aromatic N) is 2. The zero-order valence-corrected chi connectivity index (χ0v) is 16.9. The van der Waals surface area contributed by atoms with Crippen molar-refractivity contribution in [1.29, 1.82) is 0 Å². The molecule has 2 unspecified atom stereocenters. The molecule has 0 radical (unpaired) electrons. The van der Waals surface area contributed by atoms with Crippen molar-refractivity contribution in [1.82, 2.24) is 10.2 Å². The van der Waals surface area contributed by atoms with Gasteiger partial charge in [-0.3, -0.25) is 4.99 Å². The Balaban J connectivity index is 1.43. The second kappa shape index (κ2) is 10.8. The molecule has 0 aromatic heterocycles. The van der Waals surface area contributed by atoms with Crippen LogP contribution in [0.3, 0.4) is 0 Å². The average molecular weight is 382 g/mol. The van der Waals surface area contributed by atoms with Gasteiger partial charge in [-0.2, -0.15) is 0 Å². The number of aliphatic imine (C=N–C) groups is 1. The lowest BCUT2D eigenvalue weighted by Crippen LogP contribution is -2.42. The Morgan fingerprint density at radius 1 is 1.14 bits per heavy atom. The molecular formula is C23H31N3O2. The minimum absolute atomic E-state index is 0.00514. The lowest BCUT2D eigenvalue weighted by atomic mass is 10.1. The maximum atomic E-state index is 5.93. The number of hydrogen-bond donors (Lipinski definition) is 1. The van der Waals surface area contributed by atoms with E-state index in [1.54, 1.807) is 7.11 Å². The number of guanidine groups is 1. The summed E-state index contributed by atoms with van der Waals surface area (Å²) in [7, 11) is 3.59. The van der Waals surface area contributed by atoms with Crippen molar-refractivity contribution in [3.63, 3.8) is 0 Å². The predicted molar refractivity (Wildman–Crippen MR) is 113 cm³/mol. The third kappa shape index (κ3) is 5.81. The van der Waals surface area contributed by atoms with Gasteiger partial charge in [0.05, 0.1) is 19.3 Å². The minimum atomic E-state index is 0.00514. The van der Waals surface area contributed by atoms with Gasteiger partial charge in [-0.15, -0.1) is 0 Å². The second-order valence-corrected chi connectivity index (χ2v) is 7.16. The molecule has 0 bridgehead atoms. The molecule has 1 aliphatic rings. The largest absolute Gasteiger partial charge is 0.376 e. The lowest BCUT2D eigenvalue weighted by molar-refractivity contribution is 0.0904. The third-order valence-corrected chi connectivity index (χ3v) is 5.16. The molecule has 0 amide bonds. The van der Waals surface area contributed by atoms with Crippen molar-refractivity contribution in [3.05, 3.63) is 71.8 Å². The van der Waals surface area contributed by atoms with Gasteiger partial charge in [0.1, 0.15) is 0 Å². The van der Waals surface area contributed by atoms with E-state index in [2.05, 4.69) is 39.5 Å². The fourth-order valence-electron chi connectivity index (χ4n) is 3.60. The number of ether oxygens (including phenoxy) is 2. The molecule has 1 N–H and O–H groups in total. The van der Waals surface area contributed by atoms with E-state index in [1.165, 1.54) is 11.1 Å². The molecule has 2 atom stereocenters. The van der Waals surface area contributed by atoms with Crippen molar-refractivity contribution >= 4 is 5.96 Å². The van der Waals surface area contributed by atoms with Crippen molar-refractivity contribution in [3.8, 4) is 0 Å². The number of rotatable bonds is 8. The zero-order valence-electron chi connectivity index (χ0n) is 16.9. The van der Waals surface area contributed by atoms with Crippen LogP contribution >= 0.6 is 0 Å². The van der Waals surface area contributed by atoms with Gasteiger partial charge < -0.3 is 19.7 Å². The molecule has 5 nitrogen and oxygen atoms in total. The Bertz CT molecular complexity index is 721. The molecule has 0 saturated carbocycles. The smallest absolute Gasteiger partial charge is 0.193 e. The summed E-state index contributed by atoms with van der Waals surface area (Å²) in [5, 5.41) is 3.47. The van der Waals surface area contributed by atoms with E-state index in [0.29, 0.717) is 19.1 Å². The molecule has 1 saturated heterocycles.